The first kappa shape index (κ1) is 25.8. The van der Waals surface area contributed by atoms with Gasteiger partial charge >= 0.3 is 5.97 Å². The van der Waals surface area contributed by atoms with Gasteiger partial charge in [0.1, 0.15) is 17.1 Å². The molecule has 2 atom stereocenters. The van der Waals surface area contributed by atoms with Crippen molar-refractivity contribution in [2.24, 2.45) is 0 Å². The minimum absolute atomic E-state index is 0.101. The van der Waals surface area contributed by atoms with Gasteiger partial charge in [0.15, 0.2) is 6.61 Å². The number of aryl methyl sites for hydroxylation is 1. The smallest absolute Gasteiger partial charge is 0.344 e. The van der Waals surface area contributed by atoms with Crippen LogP contribution in [0.2, 0.25) is 0 Å². The van der Waals surface area contributed by atoms with Crippen LogP contribution in [0.4, 0.5) is 0 Å². The van der Waals surface area contributed by atoms with Gasteiger partial charge in [-0.1, -0.05) is 61.9 Å². The number of carbonyl (C=O) groups excluding carboxylic acids is 1. The fraction of sp³-hybridized carbons (Fsp3) is 0.406. The lowest BCUT2D eigenvalue weighted by molar-refractivity contribution is -0.157. The maximum Gasteiger partial charge on any atom is 0.344 e. The SMILES string of the molecule is CCCCOc1ccc2c(c1)CC[C@H](c1ccccc1)[C@@H]2c1ccc(OCC(=O)OC(C)(C)C)cc1. The lowest BCUT2D eigenvalue weighted by Gasteiger charge is -2.35. The van der Waals surface area contributed by atoms with Gasteiger partial charge in [0.2, 0.25) is 0 Å². The number of fused-ring (bicyclic) bond motifs is 1. The zero-order chi connectivity index (χ0) is 25.5. The van der Waals surface area contributed by atoms with Gasteiger partial charge in [-0.05, 0) is 92.5 Å². The topological polar surface area (TPSA) is 44.8 Å². The summed E-state index contributed by atoms with van der Waals surface area (Å²) in [7, 11) is 0. The molecule has 0 saturated carbocycles. The second kappa shape index (κ2) is 11.6. The zero-order valence-electron chi connectivity index (χ0n) is 22.0. The third-order valence-corrected chi connectivity index (χ3v) is 6.59. The standard InChI is InChI=1S/C32H38O4/c1-5-6-20-34-27-17-19-29-25(21-27)14-18-28(23-10-8-7-9-11-23)31(29)24-12-15-26(16-13-24)35-22-30(33)36-32(2,3)4/h7-13,15-17,19,21,28,31H,5-6,14,18,20,22H2,1-4H3/t28-,31+/m1/s1. The van der Waals surface area contributed by atoms with Gasteiger partial charge in [-0.2, -0.15) is 0 Å². The average Bonchev–Trinajstić information content (AvgIpc) is 2.87. The minimum Gasteiger partial charge on any atom is -0.494 e. The molecule has 0 saturated heterocycles. The normalized spacial score (nSPS) is 17.2. The molecule has 0 aromatic heterocycles. The fourth-order valence-corrected chi connectivity index (χ4v) is 4.98. The highest BCUT2D eigenvalue weighted by Gasteiger charge is 2.32. The number of carbonyl (C=O) groups is 1. The van der Waals surface area contributed by atoms with E-state index in [0.717, 1.165) is 38.0 Å². The van der Waals surface area contributed by atoms with E-state index < -0.39 is 5.60 Å². The third-order valence-electron chi connectivity index (χ3n) is 6.59. The van der Waals surface area contributed by atoms with Gasteiger partial charge in [0.25, 0.3) is 0 Å². The molecule has 36 heavy (non-hydrogen) atoms. The minimum atomic E-state index is -0.522. The third kappa shape index (κ3) is 6.69. The molecule has 0 amide bonds. The predicted molar refractivity (Wildman–Crippen MR) is 144 cm³/mol. The zero-order valence-corrected chi connectivity index (χ0v) is 22.0. The van der Waals surface area contributed by atoms with Crippen LogP contribution in [-0.2, 0) is 16.0 Å². The van der Waals surface area contributed by atoms with Crippen molar-refractivity contribution < 1.29 is 19.0 Å². The molecule has 190 valence electrons. The van der Waals surface area contributed by atoms with Crippen LogP contribution in [0.3, 0.4) is 0 Å². The van der Waals surface area contributed by atoms with Gasteiger partial charge in [-0.25, -0.2) is 4.79 Å². The summed E-state index contributed by atoms with van der Waals surface area (Å²) in [6.07, 6.45) is 4.31. The van der Waals surface area contributed by atoms with Crippen molar-refractivity contribution in [1.29, 1.82) is 0 Å². The molecule has 0 unspecified atom stereocenters. The molecule has 4 rings (SSSR count). The summed E-state index contributed by atoms with van der Waals surface area (Å²) in [5.74, 6) is 1.88. The Morgan fingerprint density at radius 3 is 2.31 bits per heavy atom. The Balaban J connectivity index is 1.57. The molecule has 0 bridgehead atoms. The van der Waals surface area contributed by atoms with Gasteiger partial charge in [-0.3, -0.25) is 0 Å². The predicted octanol–water partition coefficient (Wildman–Crippen LogP) is 7.45. The quantitative estimate of drug-likeness (QED) is 0.233. The monoisotopic (exact) mass is 486 g/mol. The number of unbranched alkanes of at least 4 members (excludes halogenated alkanes) is 1. The average molecular weight is 487 g/mol. The molecule has 0 heterocycles. The molecule has 0 radical (unpaired) electrons. The summed E-state index contributed by atoms with van der Waals surface area (Å²) in [6, 6.07) is 25.6. The Hall–Kier alpha value is -3.27. The first-order valence-electron chi connectivity index (χ1n) is 13.1. The van der Waals surface area contributed by atoms with E-state index in [2.05, 4.69) is 67.6 Å². The Kier molecular flexibility index (Phi) is 8.35. The second-order valence-corrected chi connectivity index (χ2v) is 10.5. The molecule has 0 N–H and O–H groups in total. The number of benzene rings is 3. The van der Waals surface area contributed by atoms with E-state index in [-0.39, 0.29) is 18.5 Å². The van der Waals surface area contributed by atoms with Crippen molar-refractivity contribution in [2.45, 2.75) is 70.8 Å². The van der Waals surface area contributed by atoms with Crippen LogP contribution in [0.25, 0.3) is 0 Å². The Morgan fingerprint density at radius 2 is 1.61 bits per heavy atom. The summed E-state index contributed by atoms with van der Waals surface area (Å²) in [4.78, 5) is 12.0. The molecule has 4 heteroatoms. The van der Waals surface area contributed by atoms with Crippen molar-refractivity contribution in [2.75, 3.05) is 13.2 Å². The summed E-state index contributed by atoms with van der Waals surface area (Å²) in [5.41, 5.74) is 4.81. The highest BCUT2D eigenvalue weighted by Crippen LogP contribution is 2.47. The van der Waals surface area contributed by atoms with E-state index in [9.17, 15) is 4.79 Å². The first-order chi connectivity index (χ1) is 17.3. The maximum absolute atomic E-state index is 12.0. The highest BCUT2D eigenvalue weighted by molar-refractivity contribution is 5.71. The van der Waals surface area contributed by atoms with E-state index in [1.165, 1.54) is 22.3 Å². The molecule has 4 nitrogen and oxygen atoms in total. The molecule has 3 aromatic rings. The number of ether oxygens (including phenoxy) is 3. The van der Waals surface area contributed by atoms with Crippen LogP contribution in [0.5, 0.6) is 11.5 Å². The number of rotatable bonds is 9. The summed E-state index contributed by atoms with van der Waals surface area (Å²) in [5, 5.41) is 0. The lowest BCUT2D eigenvalue weighted by atomic mass is 9.69. The Bertz CT molecular complexity index is 1130. The van der Waals surface area contributed by atoms with Gasteiger partial charge in [-0.15, -0.1) is 0 Å². The summed E-state index contributed by atoms with van der Waals surface area (Å²) in [6.45, 7) is 8.40. The summed E-state index contributed by atoms with van der Waals surface area (Å²) < 4.78 is 17.1. The van der Waals surface area contributed by atoms with Gasteiger partial charge in [0.05, 0.1) is 6.61 Å². The van der Waals surface area contributed by atoms with E-state index >= 15 is 0 Å². The number of hydrogen-bond donors (Lipinski definition) is 0. The summed E-state index contributed by atoms with van der Waals surface area (Å²) >= 11 is 0. The number of hydrogen-bond acceptors (Lipinski definition) is 4. The first-order valence-corrected chi connectivity index (χ1v) is 13.1. The molecule has 3 aromatic carbocycles. The maximum atomic E-state index is 12.0. The van der Waals surface area contributed by atoms with Crippen LogP contribution < -0.4 is 9.47 Å². The van der Waals surface area contributed by atoms with Crippen LogP contribution in [0.1, 0.15) is 81.0 Å². The van der Waals surface area contributed by atoms with Crippen molar-refractivity contribution in [3.05, 3.63) is 95.1 Å². The van der Waals surface area contributed by atoms with E-state index in [1.54, 1.807) is 0 Å². The second-order valence-electron chi connectivity index (χ2n) is 10.5. The largest absolute Gasteiger partial charge is 0.494 e. The molecule has 0 spiro atoms. The molecular formula is C32H38O4. The van der Waals surface area contributed by atoms with E-state index in [1.807, 2.05) is 32.9 Å². The Labute approximate surface area is 215 Å². The molecule has 1 aliphatic carbocycles. The van der Waals surface area contributed by atoms with Crippen molar-refractivity contribution in [3.8, 4) is 11.5 Å². The van der Waals surface area contributed by atoms with Crippen molar-refractivity contribution >= 4 is 5.97 Å². The van der Waals surface area contributed by atoms with Crippen LogP contribution >= 0.6 is 0 Å². The molecule has 0 aliphatic heterocycles. The number of esters is 1. The van der Waals surface area contributed by atoms with Gasteiger partial charge in [0, 0.05) is 5.92 Å². The van der Waals surface area contributed by atoms with Crippen molar-refractivity contribution in [3.63, 3.8) is 0 Å². The van der Waals surface area contributed by atoms with E-state index in [4.69, 9.17) is 14.2 Å². The molecule has 0 fully saturated rings. The van der Waals surface area contributed by atoms with Crippen LogP contribution in [0.15, 0.2) is 72.8 Å². The molecular weight excluding hydrogens is 448 g/mol. The Morgan fingerprint density at radius 1 is 0.889 bits per heavy atom. The van der Waals surface area contributed by atoms with E-state index in [0.29, 0.717) is 11.7 Å². The van der Waals surface area contributed by atoms with Gasteiger partial charge < -0.3 is 14.2 Å². The lowest BCUT2D eigenvalue weighted by Crippen LogP contribution is -2.27. The van der Waals surface area contributed by atoms with Crippen molar-refractivity contribution in [1.82, 2.24) is 0 Å². The molecule has 1 aliphatic rings. The van der Waals surface area contributed by atoms with Crippen LogP contribution in [-0.4, -0.2) is 24.8 Å². The highest BCUT2D eigenvalue weighted by atomic mass is 16.6. The van der Waals surface area contributed by atoms with Crippen LogP contribution in [0, 0.1) is 0 Å². The fourth-order valence-electron chi connectivity index (χ4n) is 4.98.